The predicted molar refractivity (Wildman–Crippen MR) is 101 cm³/mol. The van der Waals surface area contributed by atoms with Crippen LogP contribution in [-0.2, 0) is 0 Å². The van der Waals surface area contributed by atoms with Gasteiger partial charge in [0.2, 0.25) is 0 Å². The van der Waals surface area contributed by atoms with Gasteiger partial charge in [0.25, 0.3) is 5.69 Å². The molecular formula is C19H28N4O3. The Labute approximate surface area is 154 Å². The summed E-state index contributed by atoms with van der Waals surface area (Å²) in [5.41, 5.74) is 2.09. The van der Waals surface area contributed by atoms with Gasteiger partial charge in [-0.3, -0.25) is 15.0 Å². The van der Waals surface area contributed by atoms with E-state index in [2.05, 4.69) is 21.6 Å². The number of nitro groups is 1. The van der Waals surface area contributed by atoms with Gasteiger partial charge < -0.3 is 14.5 Å². The summed E-state index contributed by atoms with van der Waals surface area (Å²) in [6.45, 7) is 11.4. The van der Waals surface area contributed by atoms with Crippen LogP contribution < -0.4 is 9.64 Å². The van der Waals surface area contributed by atoms with E-state index in [1.54, 1.807) is 12.1 Å². The minimum absolute atomic E-state index is 0.112. The normalized spacial score (nSPS) is 24.7. The molecule has 7 heteroatoms. The third kappa shape index (κ3) is 3.14. The molecule has 0 aromatic heterocycles. The summed E-state index contributed by atoms with van der Waals surface area (Å²) in [7, 11) is 0. The number of rotatable bonds is 3. The number of benzene rings is 1. The van der Waals surface area contributed by atoms with Crippen LogP contribution in [0, 0.1) is 17.0 Å². The van der Waals surface area contributed by atoms with E-state index in [1.807, 2.05) is 6.92 Å². The van der Waals surface area contributed by atoms with E-state index in [0.717, 1.165) is 37.4 Å². The number of aryl methyl sites for hydroxylation is 1. The van der Waals surface area contributed by atoms with Gasteiger partial charge in [-0.15, -0.1) is 0 Å². The van der Waals surface area contributed by atoms with Crippen LogP contribution in [0.25, 0.3) is 0 Å². The third-order valence-corrected chi connectivity index (χ3v) is 6.21. The standard InChI is InChI=1S/C19H28N4O3/c1-3-20-6-4-15(5-7-20)21-8-9-22-17(12-21)13-26-18-11-16(23(24)25)10-14(2)19(18)22/h10-11,15,17H,3-9,12-13H2,1-2H3/t17-/m0/s1. The molecule has 4 rings (SSSR count). The molecule has 3 aliphatic heterocycles. The quantitative estimate of drug-likeness (QED) is 0.609. The summed E-state index contributed by atoms with van der Waals surface area (Å²) in [5, 5.41) is 11.1. The number of ether oxygens (including phenoxy) is 1. The number of piperidine rings is 1. The lowest BCUT2D eigenvalue weighted by molar-refractivity contribution is -0.385. The molecular weight excluding hydrogens is 332 g/mol. The molecule has 1 aromatic carbocycles. The number of piperazine rings is 1. The Kier molecular flexibility index (Phi) is 4.75. The van der Waals surface area contributed by atoms with E-state index in [0.29, 0.717) is 24.4 Å². The van der Waals surface area contributed by atoms with Crippen molar-refractivity contribution >= 4 is 11.4 Å². The highest BCUT2D eigenvalue weighted by Gasteiger charge is 2.37. The summed E-state index contributed by atoms with van der Waals surface area (Å²) in [5.74, 6) is 0.664. The van der Waals surface area contributed by atoms with Crippen LogP contribution in [-0.4, -0.2) is 72.7 Å². The van der Waals surface area contributed by atoms with Gasteiger partial charge in [-0.2, -0.15) is 0 Å². The first-order chi connectivity index (χ1) is 12.6. The maximum atomic E-state index is 11.1. The van der Waals surface area contributed by atoms with Crippen LogP contribution in [0.3, 0.4) is 0 Å². The summed E-state index contributed by atoms with van der Waals surface area (Å²) in [4.78, 5) is 18.4. The predicted octanol–water partition coefficient (Wildman–Crippen LogP) is 2.27. The molecule has 0 saturated carbocycles. The van der Waals surface area contributed by atoms with E-state index < -0.39 is 0 Å². The van der Waals surface area contributed by atoms with Crippen molar-refractivity contribution in [3.63, 3.8) is 0 Å². The summed E-state index contributed by atoms with van der Waals surface area (Å²) in [6.07, 6.45) is 2.51. The molecule has 26 heavy (non-hydrogen) atoms. The van der Waals surface area contributed by atoms with Crippen molar-refractivity contribution in [3.8, 4) is 5.75 Å². The van der Waals surface area contributed by atoms with Crippen LogP contribution in [0.15, 0.2) is 12.1 Å². The lowest BCUT2D eigenvalue weighted by atomic mass is 9.99. The first-order valence-electron chi connectivity index (χ1n) is 9.71. The minimum atomic E-state index is -0.344. The second-order valence-electron chi connectivity index (χ2n) is 7.69. The smallest absolute Gasteiger partial charge is 0.273 e. The fourth-order valence-electron chi connectivity index (χ4n) is 4.75. The molecule has 0 amide bonds. The second-order valence-corrected chi connectivity index (χ2v) is 7.69. The Morgan fingerprint density at radius 3 is 2.65 bits per heavy atom. The number of non-ortho nitro benzene ring substituents is 1. The lowest BCUT2D eigenvalue weighted by Gasteiger charge is -2.49. The van der Waals surface area contributed by atoms with Crippen LogP contribution in [0.4, 0.5) is 11.4 Å². The molecule has 1 aromatic rings. The Morgan fingerprint density at radius 2 is 1.96 bits per heavy atom. The van der Waals surface area contributed by atoms with Gasteiger partial charge in [0, 0.05) is 31.7 Å². The summed E-state index contributed by atoms with van der Waals surface area (Å²) >= 11 is 0. The van der Waals surface area contributed by atoms with Gasteiger partial charge in [0.05, 0.1) is 22.7 Å². The molecule has 0 aliphatic carbocycles. The number of anilines is 1. The average molecular weight is 360 g/mol. The largest absolute Gasteiger partial charge is 0.489 e. The van der Waals surface area contributed by atoms with Crippen molar-refractivity contribution in [1.82, 2.24) is 9.80 Å². The maximum absolute atomic E-state index is 11.1. The van der Waals surface area contributed by atoms with E-state index in [-0.39, 0.29) is 10.6 Å². The zero-order chi connectivity index (χ0) is 18.3. The SMILES string of the molecule is CCN1CCC(N2CCN3c4c(C)cc([N+](=O)[O-])cc4OC[C@@H]3C2)CC1. The molecule has 3 heterocycles. The molecule has 142 valence electrons. The zero-order valence-corrected chi connectivity index (χ0v) is 15.7. The number of likely N-dealkylation sites (tertiary alicyclic amines) is 1. The fourth-order valence-corrected chi connectivity index (χ4v) is 4.75. The third-order valence-electron chi connectivity index (χ3n) is 6.21. The Bertz CT molecular complexity index is 688. The van der Waals surface area contributed by atoms with E-state index in [9.17, 15) is 10.1 Å². The molecule has 0 spiro atoms. The first-order valence-corrected chi connectivity index (χ1v) is 9.71. The van der Waals surface area contributed by atoms with Crippen LogP contribution in [0.5, 0.6) is 5.75 Å². The van der Waals surface area contributed by atoms with Gasteiger partial charge in [0.15, 0.2) is 0 Å². The van der Waals surface area contributed by atoms with Gasteiger partial charge in [-0.1, -0.05) is 6.92 Å². The van der Waals surface area contributed by atoms with Crippen molar-refractivity contribution in [2.75, 3.05) is 50.8 Å². The number of nitro benzene ring substituents is 1. The van der Waals surface area contributed by atoms with Crippen molar-refractivity contribution in [2.45, 2.75) is 38.8 Å². The van der Waals surface area contributed by atoms with Crippen molar-refractivity contribution < 1.29 is 9.66 Å². The summed E-state index contributed by atoms with van der Waals surface area (Å²) < 4.78 is 5.95. The number of fused-ring (bicyclic) bond motifs is 3. The van der Waals surface area contributed by atoms with Crippen molar-refractivity contribution in [2.24, 2.45) is 0 Å². The molecule has 7 nitrogen and oxygen atoms in total. The van der Waals surface area contributed by atoms with E-state index >= 15 is 0 Å². The second kappa shape index (κ2) is 7.04. The molecule has 2 saturated heterocycles. The van der Waals surface area contributed by atoms with Crippen molar-refractivity contribution in [1.29, 1.82) is 0 Å². The van der Waals surface area contributed by atoms with Crippen LogP contribution in [0.2, 0.25) is 0 Å². The zero-order valence-electron chi connectivity index (χ0n) is 15.7. The average Bonchev–Trinajstić information content (AvgIpc) is 2.67. The lowest BCUT2D eigenvalue weighted by Crippen LogP contribution is -2.60. The highest BCUT2D eigenvalue weighted by Crippen LogP contribution is 2.41. The monoisotopic (exact) mass is 360 g/mol. The topological polar surface area (TPSA) is 62.1 Å². The number of hydrogen-bond acceptors (Lipinski definition) is 6. The van der Waals surface area contributed by atoms with Crippen molar-refractivity contribution in [3.05, 3.63) is 27.8 Å². The highest BCUT2D eigenvalue weighted by molar-refractivity contribution is 5.69. The number of hydrogen-bond donors (Lipinski definition) is 0. The van der Waals surface area contributed by atoms with Gasteiger partial charge in [-0.25, -0.2) is 0 Å². The van der Waals surface area contributed by atoms with E-state index in [1.165, 1.54) is 25.9 Å². The minimum Gasteiger partial charge on any atom is -0.489 e. The molecule has 0 N–H and O–H groups in total. The molecule has 2 fully saturated rings. The fraction of sp³-hybridized carbons (Fsp3) is 0.684. The van der Waals surface area contributed by atoms with Gasteiger partial charge in [-0.05, 0) is 45.0 Å². The van der Waals surface area contributed by atoms with Gasteiger partial charge in [0.1, 0.15) is 12.4 Å². The first kappa shape index (κ1) is 17.5. The molecule has 0 bridgehead atoms. The summed E-state index contributed by atoms with van der Waals surface area (Å²) in [6, 6.07) is 4.25. The molecule has 0 radical (unpaired) electrons. The highest BCUT2D eigenvalue weighted by atomic mass is 16.6. The number of nitrogens with zero attached hydrogens (tertiary/aromatic N) is 4. The van der Waals surface area contributed by atoms with Gasteiger partial charge >= 0.3 is 0 Å². The molecule has 1 atom stereocenters. The van der Waals surface area contributed by atoms with E-state index in [4.69, 9.17) is 4.74 Å². The van der Waals surface area contributed by atoms with Crippen LogP contribution in [0.1, 0.15) is 25.3 Å². The van der Waals surface area contributed by atoms with Crippen LogP contribution >= 0.6 is 0 Å². The molecule has 3 aliphatic rings. The Hall–Kier alpha value is -1.86. The Morgan fingerprint density at radius 1 is 1.19 bits per heavy atom. The maximum Gasteiger partial charge on any atom is 0.273 e. The molecule has 0 unspecified atom stereocenters. The Balaban J connectivity index is 1.48.